The molecule has 0 fully saturated rings. The highest BCUT2D eigenvalue weighted by Gasteiger charge is 2.05. The second-order valence-corrected chi connectivity index (χ2v) is 3.53. The van der Waals surface area contributed by atoms with Gasteiger partial charge in [-0.05, 0) is 12.1 Å². The molecule has 16 heavy (non-hydrogen) atoms. The third-order valence-corrected chi connectivity index (χ3v) is 2.26. The molecule has 0 radical (unpaired) electrons. The number of aromatic amines is 1. The van der Waals surface area contributed by atoms with Gasteiger partial charge in [0.1, 0.15) is 0 Å². The van der Waals surface area contributed by atoms with Gasteiger partial charge in [0.25, 0.3) is 0 Å². The zero-order valence-electron chi connectivity index (χ0n) is 8.04. The molecule has 1 aromatic heterocycles. The smallest absolute Gasteiger partial charge is 0.372 e. The largest absolute Gasteiger partial charge is 0.419 e. The lowest BCUT2D eigenvalue weighted by atomic mass is 10.1. The standard InChI is InChI=1S/C11H6BrNO3/c12-6-2-4-7-3-1-5-8-9(7)10(14)16-11(15)13-8/h1,3,5H,6H2,(H,13,15). The monoisotopic (exact) mass is 279 g/mol. The molecule has 0 saturated heterocycles. The van der Waals surface area contributed by atoms with Crippen LogP contribution in [-0.4, -0.2) is 10.3 Å². The molecule has 1 heterocycles. The summed E-state index contributed by atoms with van der Waals surface area (Å²) in [6.07, 6.45) is 0. The highest BCUT2D eigenvalue weighted by molar-refractivity contribution is 9.09. The molecule has 0 aliphatic carbocycles. The molecule has 0 unspecified atom stereocenters. The van der Waals surface area contributed by atoms with Gasteiger partial charge >= 0.3 is 11.4 Å². The fraction of sp³-hybridized carbons (Fsp3) is 0.0909. The molecular weight excluding hydrogens is 274 g/mol. The first-order valence-electron chi connectivity index (χ1n) is 4.43. The van der Waals surface area contributed by atoms with Crippen molar-refractivity contribution < 1.29 is 4.42 Å². The van der Waals surface area contributed by atoms with Crippen molar-refractivity contribution in [1.29, 1.82) is 0 Å². The fourth-order valence-corrected chi connectivity index (χ4v) is 1.52. The topological polar surface area (TPSA) is 63.1 Å². The van der Waals surface area contributed by atoms with E-state index < -0.39 is 11.4 Å². The van der Waals surface area contributed by atoms with Crippen LogP contribution in [0.4, 0.5) is 0 Å². The van der Waals surface area contributed by atoms with Crippen LogP contribution in [-0.2, 0) is 0 Å². The Morgan fingerprint density at radius 1 is 1.38 bits per heavy atom. The van der Waals surface area contributed by atoms with Gasteiger partial charge in [-0.2, -0.15) is 0 Å². The molecule has 0 spiro atoms. The van der Waals surface area contributed by atoms with Crippen LogP contribution < -0.4 is 11.4 Å². The molecule has 1 N–H and O–H groups in total. The van der Waals surface area contributed by atoms with Crippen molar-refractivity contribution in [3.8, 4) is 11.8 Å². The van der Waals surface area contributed by atoms with Crippen molar-refractivity contribution in [3.63, 3.8) is 0 Å². The minimum absolute atomic E-state index is 0.301. The molecule has 80 valence electrons. The van der Waals surface area contributed by atoms with Crippen LogP contribution in [0.3, 0.4) is 0 Å². The molecule has 5 heteroatoms. The van der Waals surface area contributed by atoms with Crippen LogP contribution in [0.2, 0.25) is 0 Å². The minimum atomic E-state index is -0.761. The minimum Gasteiger partial charge on any atom is -0.372 e. The molecule has 0 aliphatic heterocycles. The maximum atomic E-state index is 11.5. The molecule has 0 bridgehead atoms. The van der Waals surface area contributed by atoms with Crippen molar-refractivity contribution in [3.05, 3.63) is 44.7 Å². The summed E-state index contributed by atoms with van der Waals surface area (Å²) in [7, 11) is 0. The van der Waals surface area contributed by atoms with Crippen molar-refractivity contribution in [2.24, 2.45) is 0 Å². The number of benzene rings is 1. The third-order valence-electron chi connectivity index (χ3n) is 1.98. The Balaban J connectivity index is 2.87. The lowest BCUT2D eigenvalue weighted by Crippen LogP contribution is -2.15. The first-order chi connectivity index (χ1) is 7.72. The normalized spacial score (nSPS) is 9.81. The Bertz CT molecular complexity index is 703. The number of hydrogen-bond donors (Lipinski definition) is 1. The number of H-pyrrole nitrogens is 1. The summed E-state index contributed by atoms with van der Waals surface area (Å²) in [4.78, 5) is 24.9. The summed E-state index contributed by atoms with van der Waals surface area (Å²) in [6.45, 7) is 0. The molecule has 0 amide bonds. The number of nitrogens with one attached hydrogen (secondary N) is 1. The third kappa shape index (κ3) is 1.92. The number of alkyl halides is 1. The lowest BCUT2D eigenvalue weighted by Gasteiger charge is -1.97. The van der Waals surface area contributed by atoms with Crippen LogP contribution in [0.1, 0.15) is 5.56 Å². The lowest BCUT2D eigenvalue weighted by molar-refractivity contribution is 0.460. The van der Waals surface area contributed by atoms with Gasteiger partial charge in [0, 0.05) is 5.56 Å². The van der Waals surface area contributed by atoms with E-state index in [2.05, 4.69) is 37.2 Å². The van der Waals surface area contributed by atoms with Gasteiger partial charge in [-0.3, -0.25) is 4.98 Å². The van der Waals surface area contributed by atoms with E-state index >= 15 is 0 Å². The second kappa shape index (κ2) is 4.37. The van der Waals surface area contributed by atoms with E-state index in [0.717, 1.165) is 0 Å². The van der Waals surface area contributed by atoms with Gasteiger partial charge in [0.05, 0.1) is 16.2 Å². The van der Waals surface area contributed by atoms with Gasteiger partial charge in [0.2, 0.25) is 0 Å². The van der Waals surface area contributed by atoms with Crippen LogP contribution in [0.25, 0.3) is 10.9 Å². The van der Waals surface area contributed by atoms with Crippen molar-refractivity contribution in [2.75, 3.05) is 5.33 Å². The average Bonchev–Trinajstić information content (AvgIpc) is 2.25. The van der Waals surface area contributed by atoms with E-state index in [0.29, 0.717) is 21.8 Å². The first kappa shape index (κ1) is 10.7. The highest BCUT2D eigenvalue weighted by Crippen LogP contribution is 2.10. The van der Waals surface area contributed by atoms with Crippen molar-refractivity contribution in [2.45, 2.75) is 0 Å². The Morgan fingerprint density at radius 3 is 2.94 bits per heavy atom. The van der Waals surface area contributed by atoms with Gasteiger partial charge in [-0.1, -0.05) is 33.8 Å². The predicted molar refractivity (Wildman–Crippen MR) is 63.8 cm³/mol. The molecule has 2 aromatic rings. The summed E-state index contributed by atoms with van der Waals surface area (Å²) in [5.74, 6) is 4.85. The average molecular weight is 280 g/mol. The summed E-state index contributed by atoms with van der Waals surface area (Å²) in [5, 5.41) is 0.813. The highest BCUT2D eigenvalue weighted by atomic mass is 79.9. The van der Waals surface area contributed by atoms with E-state index in [1.807, 2.05) is 0 Å². The molecule has 4 nitrogen and oxygen atoms in total. The number of halogens is 1. The molecule has 0 aliphatic rings. The Morgan fingerprint density at radius 2 is 2.19 bits per heavy atom. The molecule has 1 aromatic carbocycles. The van der Waals surface area contributed by atoms with Gasteiger partial charge in [0.15, 0.2) is 0 Å². The van der Waals surface area contributed by atoms with E-state index in [1.54, 1.807) is 18.2 Å². The van der Waals surface area contributed by atoms with Crippen LogP contribution >= 0.6 is 15.9 Å². The van der Waals surface area contributed by atoms with E-state index in [1.165, 1.54) is 0 Å². The molecule has 0 atom stereocenters. The quantitative estimate of drug-likeness (QED) is 0.583. The maximum Gasteiger partial charge on any atom is 0.419 e. The Labute approximate surface area is 98.4 Å². The first-order valence-corrected chi connectivity index (χ1v) is 5.55. The summed E-state index contributed by atoms with van der Waals surface area (Å²) in [5.41, 5.74) is 0.308. The number of aromatic nitrogens is 1. The Hall–Kier alpha value is -1.80. The zero-order valence-corrected chi connectivity index (χ0v) is 9.63. The second-order valence-electron chi connectivity index (χ2n) is 2.97. The number of rotatable bonds is 0. The summed E-state index contributed by atoms with van der Waals surface area (Å²) in [6, 6.07) is 5.05. The van der Waals surface area contributed by atoms with E-state index in [4.69, 9.17) is 0 Å². The van der Waals surface area contributed by atoms with Gasteiger partial charge < -0.3 is 4.42 Å². The van der Waals surface area contributed by atoms with Crippen molar-refractivity contribution in [1.82, 2.24) is 4.98 Å². The SMILES string of the molecule is O=c1[nH]c2cccc(C#CCBr)c2c(=O)o1. The van der Waals surface area contributed by atoms with E-state index in [9.17, 15) is 9.59 Å². The predicted octanol–water partition coefficient (Wildman–Crippen LogP) is 1.23. The van der Waals surface area contributed by atoms with Crippen molar-refractivity contribution >= 4 is 26.8 Å². The fourth-order valence-electron chi connectivity index (χ4n) is 1.38. The van der Waals surface area contributed by atoms with Crippen LogP contribution in [0.5, 0.6) is 0 Å². The zero-order chi connectivity index (χ0) is 11.5. The molecular formula is C11H6BrNO3. The number of fused-ring (bicyclic) bond motifs is 1. The molecule has 2 rings (SSSR count). The Kier molecular flexibility index (Phi) is 2.93. The summed E-state index contributed by atoms with van der Waals surface area (Å²) < 4.78 is 4.46. The maximum absolute atomic E-state index is 11.5. The number of hydrogen-bond acceptors (Lipinski definition) is 3. The van der Waals surface area contributed by atoms with Gasteiger partial charge in [-0.25, -0.2) is 9.59 Å². The van der Waals surface area contributed by atoms with Crippen LogP contribution in [0.15, 0.2) is 32.2 Å². The van der Waals surface area contributed by atoms with E-state index in [-0.39, 0.29) is 0 Å². The summed E-state index contributed by atoms with van der Waals surface area (Å²) >= 11 is 3.17. The van der Waals surface area contributed by atoms with Gasteiger partial charge in [-0.15, -0.1) is 0 Å². The van der Waals surface area contributed by atoms with Crippen LogP contribution in [0, 0.1) is 11.8 Å². The molecule has 0 saturated carbocycles.